The normalized spacial score (nSPS) is 11.7. The van der Waals surface area contributed by atoms with E-state index in [0.29, 0.717) is 0 Å². The minimum absolute atomic E-state index is 0.846. The molecule has 0 radical (unpaired) electrons. The van der Waals surface area contributed by atoms with E-state index < -0.39 is 0 Å². The van der Waals surface area contributed by atoms with Crippen molar-refractivity contribution in [2.45, 2.75) is 0 Å². The number of benzene rings is 8. The van der Waals surface area contributed by atoms with E-state index in [-0.39, 0.29) is 0 Å². The average Bonchev–Trinajstić information content (AvgIpc) is 3.57. The van der Waals surface area contributed by atoms with Gasteiger partial charge in [-0.15, -0.1) is 0 Å². The van der Waals surface area contributed by atoms with Crippen LogP contribution in [0.5, 0.6) is 0 Å². The highest BCUT2D eigenvalue weighted by Crippen LogP contribution is 2.44. The van der Waals surface area contributed by atoms with Crippen molar-refractivity contribution < 1.29 is 4.42 Å². The van der Waals surface area contributed by atoms with Gasteiger partial charge in [0.25, 0.3) is 0 Å². The second-order valence-electron chi connectivity index (χ2n) is 12.5. The number of hydrogen-bond acceptors (Lipinski definition) is 3. The molecule has 3 heteroatoms. The van der Waals surface area contributed by atoms with Gasteiger partial charge < -0.3 is 4.42 Å². The van der Waals surface area contributed by atoms with E-state index in [9.17, 15) is 0 Å². The largest absolute Gasteiger partial charge is 0.455 e. The van der Waals surface area contributed by atoms with Crippen LogP contribution >= 0.6 is 0 Å². The summed E-state index contributed by atoms with van der Waals surface area (Å²) in [6.45, 7) is 0. The Labute approximate surface area is 282 Å². The van der Waals surface area contributed by atoms with Crippen LogP contribution in [0.15, 0.2) is 174 Å². The highest BCUT2D eigenvalue weighted by molar-refractivity contribution is 6.23. The third-order valence-electron chi connectivity index (χ3n) is 9.76. The lowest BCUT2D eigenvalue weighted by atomic mass is 9.87. The smallest absolute Gasteiger partial charge is 0.143 e. The van der Waals surface area contributed by atoms with Crippen molar-refractivity contribution in [3.05, 3.63) is 170 Å². The van der Waals surface area contributed by atoms with E-state index in [0.717, 1.165) is 88.4 Å². The van der Waals surface area contributed by atoms with Gasteiger partial charge in [0, 0.05) is 32.7 Å². The fourth-order valence-electron chi connectivity index (χ4n) is 7.56. The molecule has 0 spiro atoms. The Kier molecular flexibility index (Phi) is 6.18. The molecule has 0 aliphatic rings. The maximum atomic E-state index is 6.50. The highest BCUT2D eigenvalue weighted by Gasteiger charge is 2.19. The maximum Gasteiger partial charge on any atom is 0.143 e. The minimum atomic E-state index is 0.846. The van der Waals surface area contributed by atoms with Gasteiger partial charge in [0.15, 0.2) is 0 Å². The van der Waals surface area contributed by atoms with Gasteiger partial charge in [0.05, 0.1) is 22.9 Å². The average molecular weight is 625 g/mol. The summed E-state index contributed by atoms with van der Waals surface area (Å²) in [5, 5.41) is 6.85. The first-order valence-electron chi connectivity index (χ1n) is 16.6. The summed E-state index contributed by atoms with van der Waals surface area (Å²) in [6.07, 6.45) is 1.93. The topological polar surface area (TPSA) is 38.9 Å². The fourth-order valence-corrected chi connectivity index (χ4v) is 7.56. The number of rotatable bonds is 4. The maximum absolute atomic E-state index is 6.50. The Morgan fingerprint density at radius 2 is 0.755 bits per heavy atom. The number of para-hydroxylation sites is 2. The molecule has 0 unspecified atom stereocenters. The number of furan rings is 1. The summed E-state index contributed by atoms with van der Waals surface area (Å²) in [7, 11) is 0. The van der Waals surface area contributed by atoms with E-state index in [1.807, 2.05) is 18.3 Å². The van der Waals surface area contributed by atoms with Crippen LogP contribution < -0.4 is 0 Å². The quantitative estimate of drug-likeness (QED) is 0.183. The van der Waals surface area contributed by atoms with Gasteiger partial charge in [-0.3, -0.25) is 4.98 Å². The molecule has 2 aromatic heterocycles. The van der Waals surface area contributed by atoms with Crippen LogP contribution in [0, 0.1) is 0 Å². The van der Waals surface area contributed by atoms with Crippen molar-refractivity contribution in [2.24, 2.45) is 0 Å². The molecule has 0 aliphatic carbocycles. The SMILES string of the molecule is c1ccc(-c2ccccc2-c2ccccc2-c2cccc3c2oc2ccccc23)c(-c2cnc3c4ccccc4c4ccccc4c3n2)c1. The molecule has 10 rings (SSSR count). The Morgan fingerprint density at radius 1 is 0.327 bits per heavy atom. The number of aromatic nitrogens is 2. The molecule has 0 bridgehead atoms. The van der Waals surface area contributed by atoms with Crippen LogP contribution in [0.4, 0.5) is 0 Å². The number of nitrogens with zero attached hydrogens (tertiary/aromatic N) is 2. The summed E-state index contributed by atoms with van der Waals surface area (Å²) in [5.41, 5.74) is 12.2. The van der Waals surface area contributed by atoms with E-state index >= 15 is 0 Å². The molecule has 0 saturated carbocycles. The predicted molar refractivity (Wildman–Crippen MR) is 204 cm³/mol. The highest BCUT2D eigenvalue weighted by atomic mass is 16.3. The Morgan fingerprint density at radius 3 is 1.39 bits per heavy atom. The summed E-state index contributed by atoms with van der Waals surface area (Å²) in [6, 6.07) is 57.5. The lowest BCUT2D eigenvalue weighted by Gasteiger charge is -2.17. The van der Waals surface area contributed by atoms with Gasteiger partial charge in [0.1, 0.15) is 11.2 Å². The van der Waals surface area contributed by atoms with Crippen LogP contribution in [0.2, 0.25) is 0 Å². The molecular formula is C46H28N2O. The fraction of sp³-hybridized carbons (Fsp3) is 0. The first-order chi connectivity index (χ1) is 24.3. The molecular weight excluding hydrogens is 597 g/mol. The first-order valence-corrected chi connectivity index (χ1v) is 16.6. The zero-order valence-electron chi connectivity index (χ0n) is 26.5. The van der Waals surface area contributed by atoms with Crippen LogP contribution in [-0.2, 0) is 0 Å². The molecule has 10 aromatic rings. The van der Waals surface area contributed by atoms with Crippen molar-refractivity contribution in [1.29, 1.82) is 0 Å². The van der Waals surface area contributed by atoms with Crippen molar-refractivity contribution in [3.63, 3.8) is 0 Å². The molecule has 0 N–H and O–H groups in total. The van der Waals surface area contributed by atoms with Gasteiger partial charge >= 0.3 is 0 Å². The Balaban J connectivity index is 1.18. The Bertz CT molecular complexity index is 2870. The molecule has 228 valence electrons. The Hall–Kier alpha value is -6.58. The van der Waals surface area contributed by atoms with Gasteiger partial charge in [-0.1, -0.05) is 158 Å². The van der Waals surface area contributed by atoms with Gasteiger partial charge in [0.2, 0.25) is 0 Å². The minimum Gasteiger partial charge on any atom is -0.455 e. The van der Waals surface area contributed by atoms with Gasteiger partial charge in [-0.25, -0.2) is 4.98 Å². The molecule has 8 aromatic carbocycles. The molecule has 49 heavy (non-hydrogen) atoms. The van der Waals surface area contributed by atoms with Crippen LogP contribution in [0.25, 0.3) is 99.2 Å². The molecule has 0 saturated heterocycles. The van der Waals surface area contributed by atoms with Gasteiger partial charge in [-0.05, 0) is 44.7 Å². The molecule has 0 aliphatic heterocycles. The summed E-state index contributed by atoms with van der Waals surface area (Å²) < 4.78 is 6.50. The lowest BCUT2D eigenvalue weighted by molar-refractivity contribution is 0.670. The summed E-state index contributed by atoms with van der Waals surface area (Å²) in [4.78, 5) is 10.4. The third kappa shape index (κ3) is 4.29. The predicted octanol–water partition coefficient (Wildman–Crippen LogP) is 12.5. The van der Waals surface area contributed by atoms with E-state index in [1.54, 1.807) is 0 Å². The number of hydrogen-bond donors (Lipinski definition) is 0. The molecule has 0 atom stereocenters. The van der Waals surface area contributed by atoms with E-state index in [4.69, 9.17) is 14.4 Å². The summed E-state index contributed by atoms with van der Waals surface area (Å²) >= 11 is 0. The first kappa shape index (κ1) is 27.5. The number of fused-ring (bicyclic) bond motifs is 9. The van der Waals surface area contributed by atoms with Crippen molar-refractivity contribution in [1.82, 2.24) is 9.97 Å². The van der Waals surface area contributed by atoms with E-state index in [2.05, 4.69) is 152 Å². The van der Waals surface area contributed by atoms with Crippen LogP contribution in [0.1, 0.15) is 0 Å². The zero-order valence-corrected chi connectivity index (χ0v) is 26.5. The third-order valence-corrected chi connectivity index (χ3v) is 9.76. The van der Waals surface area contributed by atoms with Crippen LogP contribution in [-0.4, -0.2) is 9.97 Å². The molecule has 3 nitrogen and oxygen atoms in total. The standard InChI is InChI=1S/C46H28N2O/c1-2-15-30(29(14-1)31-16-3-4-20-35(31)40-25-13-26-41-37-22-11-12-27-43(37)49-46(40)41)32-17-5-8-21-36(32)42-28-47-44-38-23-9-6-18-33(38)34-19-7-10-24-39(34)45(44)48-42/h1-28H. The molecule has 0 fully saturated rings. The molecule has 0 amide bonds. The lowest BCUT2D eigenvalue weighted by Crippen LogP contribution is -1.95. The van der Waals surface area contributed by atoms with Gasteiger partial charge in [-0.2, -0.15) is 0 Å². The monoisotopic (exact) mass is 624 g/mol. The van der Waals surface area contributed by atoms with Crippen molar-refractivity contribution in [3.8, 4) is 44.6 Å². The van der Waals surface area contributed by atoms with E-state index in [1.165, 1.54) is 10.8 Å². The van der Waals surface area contributed by atoms with Crippen molar-refractivity contribution >= 4 is 54.5 Å². The van der Waals surface area contributed by atoms with Crippen molar-refractivity contribution in [2.75, 3.05) is 0 Å². The summed E-state index contributed by atoms with van der Waals surface area (Å²) in [5.74, 6) is 0. The molecule has 2 heterocycles. The second-order valence-corrected chi connectivity index (χ2v) is 12.5. The van der Waals surface area contributed by atoms with Crippen LogP contribution in [0.3, 0.4) is 0 Å². The zero-order chi connectivity index (χ0) is 32.3. The second kappa shape index (κ2) is 11.0.